The normalized spacial score (nSPS) is 26.9. The summed E-state index contributed by atoms with van der Waals surface area (Å²) in [5.74, 6) is 5.55. The fraction of sp³-hybridized carbons (Fsp3) is 0.486. The lowest BCUT2D eigenvalue weighted by molar-refractivity contribution is 0.107. The molecule has 2 N–H and O–H groups in total. The highest BCUT2D eigenvalue weighted by Gasteiger charge is 2.49. The van der Waals surface area contributed by atoms with Gasteiger partial charge in [-0.2, -0.15) is 9.97 Å². The second-order valence-electron chi connectivity index (χ2n) is 14.0. The van der Waals surface area contributed by atoms with Gasteiger partial charge in [-0.1, -0.05) is 43.0 Å². The van der Waals surface area contributed by atoms with E-state index in [9.17, 15) is 4.39 Å². The first-order valence-corrected chi connectivity index (χ1v) is 17.1. The van der Waals surface area contributed by atoms with E-state index in [0.717, 1.165) is 50.5 Å². The largest absolute Gasteiger partial charge is 0.461 e. The van der Waals surface area contributed by atoms with Crippen LogP contribution in [0.5, 0.6) is 6.01 Å². The predicted molar refractivity (Wildman–Crippen MR) is 175 cm³/mol. The summed E-state index contributed by atoms with van der Waals surface area (Å²) in [6.45, 7) is 3.64. The highest BCUT2D eigenvalue weighted by Crippen LogP contribution is 2.44. The van der Waals surface area contributed by atoms with Gasteiger partial charge in [0.15, 0.2) is 5.82 Å². The lowest BCUT2D eigenvalue weighted by Crippen LogP contribution is -2.45. The molecule has 2 saturated heterocycles. The molecule has 2 aromatic carbocycles. The van der Waals surface area contributed by atoms with Crippen molar-refractivity contribution >= 4 is 27.5 Å². The van der Waals surface area contributed by atoms with Crippen molar-refractivity contribution in [2.45, 2.75) is 94.0 Å². The molecule has 0 radical (unpaired) electrons. The van der Waals surface area contributed by atoms with E-state index in [4.69, 9.17) is 19.7 Å². The minimum Gasteiger partial charge on any atom is -0.461 e. The van der Waals surface area contributed by atoms with Crippen molar-refractivity contribution < 1.29 is 17.9 Å². The number of hydrogen-bond acceptors (Lipinski definition) is 7. The summed E-state index contributed by atoms with van der Waals surface area (Å²) in [7, 11) is 0. The summed E-state index contributed by atoms with van der Waals surface area (Å²) < 4.78 is 53.4. The average molecular weight is 639 g/mol. The number of nitrogens with one attached hydrogen (secondary N) is 2. The fourth-order valence-corrected chi connectivity index (χ4v) is 8.50. The maximum Gasteiger partial charge on any atom is 0.319 e. The van der Waals surface area contributed by atoms with Crippen molar-refractivity contribution in [1.29, 1.82) is 0 Å². The number of benzene rings is 2. The second kappa shape index (κ2) is 11.1. The molecule has 4 aromatic rings. The minimum absolute atomic E-state index is 0.0275. The monoisotopic (exact) mass is 638 g/mol. The molecular formula is C37H37F3N6O. The van der Waals surface area contributed by atoms with Crippen molar-refractivity contribution in [2.24, 2.45) is 0 Å². The van der Waals surface area contributed by atoms with Crippen LogP contribution in [0.3, 0.4) is 0 Å². The Balaban J connectivity index is 1.24. The third kappa shape index (κ3) is 4.84. The quantitative estimate of drug-likeness (QED) is 0.220. The molecule has 2 aromatic heterocycles. The molecule has 5 aliphatic rings. The van der Waals surface area contributed by atoms with Crippen molar-refractivity contribution in [3.63, 3.8) is 0 Å². The zero-order chi connectivity index (χ0) is 31.9. The SMILES string of the molecule is CC[C@H](NC1CC1)[C@H]1CC[C@H]2C#Cc3c(F)ccc4cccc(c34)-c3nc2c2c(nc(OC[C@@]45CCCN4C[C@H](F)C5)nc2c3F)N1. The van der Waals surface area contributed by atoms with Crippen LogP contribution >= 0.6 is 0 Å². The maximum atomic E-state index is 17.1. The Bertz CT molecular complexity index is 1990. The number of alkyl halides is 1. The molecule has 47 heavy (non-hydrogen) atoms. The number of ether oxygens (including phenoxy) is 1. The van der Waals surface area contributed by atoms with Crippen LogP contribution in [0.1, 0.15) is 75.5 Å². The Labute approximate surface area is 271 Å². The van der Waals surface area contributed by atoms with E-state index < -0.39 is 29.3 Å². The number of fused-ring (bicyclic) bond motifs is 3. The molecule has 5 atom stereocenters. The topological polar surface area (TPSA) is 75.2 Å². The summed E-state index contributed by atoms with van der Waals surface area (Å²) in [5.41, 5.74) is 1.10. The molecule has 1 saturated carbocycles. The van der Waals surface area contributed by atoms with Crippen LogP contribution in [0.15, 0.2) is 30.3 Å². The number of halogens is 3. The van der Waals surface area contributed by atoms with E-state index in [1.165, 1.54) is 6.07 Å². The van der Waals surface area contributed by atoms with Crippen LogP contribution in [0.25, 0.3) is 32.9 Å². The number of pyridine rings is 1. The van der Waals surface area contributed by atoms with E-state index in [-0.39, 0.29) is 41.5 Å². The van der Waals surface area contributed by atoms with E-state index in [0.29, 0.717) is 53.3 Å². The van der Waals surface area contributed by atoms with Crippen molar-refractivity contribution in [3.05, 3.63) is 53.2 Å². The van der Waals surface area contributed by atoms with Gasteiger partial charge < -0.3 is 15.4 Å². The first-order valence-electron chi connectivity index (χ1n) is 17.1. The summed E-state index contributed by atoms with van der Waals surface area (Å²) in [6.07, 6.45) is 5.95. The molecule has 10 heteroatoms. The Hall–Kier alpha value is -3.94. The molecule has 9 rings (SSSR count). The van der Waals surface area contributed by atoms with Gasteiger partial charge in [-0.25, -0.2) is 18.2 Å². The Morgan fingerprint density at radius 1 is 1.11 bits per heavy atom. The molecule has 4 aliphatic heterocycles. The smallest absolute Gasteiger partial charge is 0.319 e. The number of anilines is 1. The highest BCUT2D eigenvalue weighted by atomic mass is 19.1. The second-order valence-corrected chi connectivity index (χ2v) is 14.0. The predicted octanol–water partition coefficient (Wildman–Crippen LogP) is 6.63. The molecule has 2 bridgehead atoms. The van der Waals surface area contributed by atoms with Gasteiger partial charge in [0.25, 0.3) is 0 Å². The van der Waals surface area contributed by atoms with Crippen LogP contribution in [0.4, 0.5) is 19.0 Å². The van der Waals surface area contributed by atoms with Gasteiger partial charge in [-0.3, -0.25) is 4.90 Å². The standard InChI is InChI=1S/C37H37F3N6O/c1-2-27(41-23-10-11-23)28-14-9-21-7-12-24-26(39)13-8-20-5-3-6-25(29(20)24)33-31(40)34-30(32(21)43-33)35(42-28)45-36(44-34)47-19-37-15-4-16-46(37)18-22(38)17-37/h3,5-6,8,13,21-23,27-28,41H,2,4,9-11,14-19H2,1H3,(H,42,44,45)/t21-,22-,27+,28-,37+/m1/s1. The lowest BCUT2D eigenvalue weighted by atomic mass is 9.89. The number of nitrogens with zero attached hydrogens (tertiary/aromatic N) is 4. The zero-order valence-corrected chi connectivity index (χ0v) is 26.4. The summed E-state index contributed by atoms with van der Waals surface area (Å²) >= 11 is 0. The Morgan fingerprint density at radius 3 is 2.85 bits per heavy atom. The molecular weight excluding hydrogens is 601 g/mol. The first kappa shape index (κ1) is 29.2. The van der Waals surface area contributed by atoms with Gasteiger partial charge in [0.05, 0.1) is 28.1 Å². The van der Waals surface area contributed by atoms with E-state index in [2.05, 4.69) is 34.3 Å². The van der Waals surface area contributed by atoms with Gasteiger partial charge >= 0.3 is 6.01 Å². The van der Waals surface area contributed by atoms with Crippen LogP contribution in [0.2, 0.25) is 0 Å². The average Bonchev–Trinajstić information content (AvgIpc) is 3.71. The number of hydrogen-bond donors (Lipinski definition) is 2. The minimum atomic E-state index is -0.895. The summed E-state index contributed by atoms with van der Waals surface area (Å²) in [5, 5.41) is 9.24. The molecule has 6 heterocycles. The van der Waals surface area contributed by atoms with Gasteiger partial charge in [0.1, 0.15) is 35.6 Å². The van der Waals surface area contributed by atoms with E-state index in [1.807, 2.05) is 12.1 Å². The van der Waals surface area contributed by atoms with E-state index in [1.54, 1.807) is 12.1 Å². The van der Waals surface area contributed by atoms with Crippen LogP contribution in [-0.2, 0) is 0 Å². The summed E-state index contributed by atoms with van der Waals surface area (Å²) in [4.78, 5) is 16.8. The zero-order valence-electron chi connectivity index (χ0n) is 26.4. The molecule has 242 valence electrons. The molecule has 0 amide bonds. The molecule has 0 spiro atoms. The van der Waals surface area contributed by atoms with Gasteiger partial charge in [0, 0.05) is 42.0 Å². The lowest BCUT2D eigenvalue weighted by Gasteiger charge is -2.33. The Kier molecular flexibility index (Phi) is 6.88. The van der Waals surface area contributed by atoms with Gasteiger partial charge in [0.2, 0.25) is 0 Å². The van der Waals surface area contributed by atoms with Crippen molar-refractivity contribution in [1.82, 2.24) is 25.2 Å². The van der Waals surface area contributed by atoms with Crippen molar-refractivity contribution in [3.8, 4) is 29.1 Å². The van der Waals surface area contributed by atoms with Gasteiger partial charge in [-0.05, 0) is 62.9 Å². The van der Waals surface area contributed by atoms with Crippen LogP contribution in [0, 0.1) is 23.5 Å². The maximum absolute atomic E-state index is 17.1. The third-order valence-corrected chi connectivity index (χ3v) is 11.0. The van der Waals surface area contributed by atoms with Crippen molar-refractivity contribution in [2.75, 3.05) is 25.0 Å². The Morgan fingerprint density at radius 2 is 2.00 bits per heavy atom. The van der Waals surface area contributed by atoms with E-state index >= 15 is 8.78 Å². The van der Waals surface area contributed by atoms with Crippen LogP contribution < -0.4 is 15.4 Å². The van der Waals surface area contributed by atoms with Crippen LogP contribution in [-0.4, -0.2) is 69.4 Å². The highest BCUT2D eigenvalue weighted by molar-refractivity contribution is 6.03. The molecule has 7 nitrogen and oxygen atoms in total. The molecule has 1 aliphatic carbocycles. The third-order valence-electron chi connectivity index (χ3n) is 11.0. The first-order chi connectivity index (χ1) is 22.9. The fourth-order valence-electron chi connectivity index (χ4n) is 8.50. The number of aromatic nitrogens is 3. The molecule has 3 fully saturated rings. The number of rotatable bonds is 7. The summed E-state index contributed by atoms with van der Waals surface area (Å²) in [6, 6.07) is 9.26. The van der Waals surface area contributed by atoms with Gasteiger partial charge in [-0.15, -0.1) is 0 Å². The molecule has 0 unspecified atom stereocenters.